The molecule has 1 aliphatic heterocycles. The van der Waals surface area contributed by atoms with Crippen molar-refractivity contribution in [1.82, 2.24) is 20.5 Å². The minimum atomic E-state index is -0.259. The molecule has 0 saturated carbocycles. The Bertz CT molecular complexity index is 620. The number of amides is 1. The molecule has 2 heterocycles. The fraction of sp³-hybridized carbons (Fsp3) is 0.722. The number of thiazole rings is 1. The van der Waals surface area contributed by atoms with Crippen LogP contribution in [0.5, 0.6) is 0 Å². The number of rotatable bonds is 6. The Kier molecular flexibility index (Phi) is 9.96. The van der Waals surface area contributed by atoms with E-state index in [0.29, 0.717) is 12.6 Å². The maximum absolute atomic E-state index is 11.0. The molecule has 0 bridgehead atoms. The van der Waals surface area contributed by atoms with E-state index in [1.807, 2.05) is 0 Å². The lowest BCUT2D eigenvalue weighted by molar-refractivity contribution is -0.119. The summed E-state index contributed by atoms with van der Waals surface area (Å²) in [4.78, 5) is 22.1. The van der Waals surface area contributed by atoms with Gasteiger partial charge in [-0.25, -0.2) is 4.98 Å². The number of hydrogen-bond acceptors (Lipinski definition) is 5. The van der Waals surface area contributed by atoms with E-state index in [2.05, 4.69) is 46.7 Å². The highest BCUT2D eigenvalue weighted by Gasteiger charge is 2.21. The number of piperidine rings is 1. The van der Waals surface area contributed by atoms with Crippen molar-refractivity contribution in [3.63, 3.8) is 0 Å². The van der Waals surface area contributed by atoms with Crippen LogP contribution in [0.15, 0.2) is 10.4 Å². The number of guanidine groups is 1. The van der Waals surface area contributed by atoms with Gasteiger partial charge in [-0.2, -0.15) is 0 Å². The van der Waals surface area contributed by atoms with Gasteiger partial charge in [0, 0.05) is 49.9 Å². The summed E-state index contributed by atoms with van der Waals surface area (Å²) in [6, 6.07) is 0.373. The van der Waals surface area contributed by atoms with Crippen molar-refractivity contribution in [3.05, 3.63) is 16.1 Å². The fourth-order valence-electron chi connectivity index (χ4n) is 2.90. The Labute approximate surface area is 183 Å². The van der Waals surface area contributed by atoms with Gasteiger partial charge in [0.15, 0.2) is 5.96 Å². The highest BCUT2D eigenvalue weighted by Crippen LogP contribution is 2.23. The molecule has 2 rings (SSSR count). The SMILES string of the molecule is CN=C(NCCc1nc(C(C)(C)C)cs1)NC1CCN(CC(N)=O)CC1.I. The Balaban J connectivity index is 0.00000364. The predicted octanol–water partition coefficient (Wildman–Crippen LogP) is 1.72. The zero-order valence-corrected chi connectivity index (χ0v) is 19.9. The van der Waals surface area contributed by atoms with Gasteiger partial charge in [0.25, 0.3) is 0 Å². The lowest BCUT2D eigenvalue weighted by atomic mass is 9.93. The molecule has 1 saturated heterocycles. The summed E-state index contributed by atoms with van der Waals surface area (Å²) < 4.78 is 0. The molecule has 154 valence electrons. The highest BCUT2D eigenvalue weighted by atomic mass is 127. The van der Waals surface area contributed by atoms with Gasteiger partial charge in [-0.05, 0) is 12.8 Å². The van der Waals surface area contributed by atoms with Gasteiger partial charge in [0.1, 0.15) is 0 Å². The van der Waals surface area contributed by atoms with Gasteiger partial charge < -0.3 is 16.4 Å². The van der Waals surface area contributed by atoms with Gasteiger partial charge in [0.2, 0.25) is 5.91 Å². The summed E-state index contributed by atoms with van der Waals surface area (Å²) >= 11 is 1.72. The molecule has 0 aliphatic carbocycles. The molecule has 9 heteroatoms. The number of aliphatic imine (C=N–C) groups is 1. The van der Waals surface area contributed by atoms with Crippen molar-refractivity contribution in [3.8, 4) is 0 Å². The van der Waals surface area contributed by atoms with E-state index in [-0.39, 0.29) is 35.3 Å². The lowest BCUT2D eigenvalue weighted by Crippen LogP contribution is -2.50. The first-order chi connectivity index (χ1) is 12.3. The summed E-state index contributed by atoms with van der Waals surface area (Å²) in [7, 11) is 1.79. The first kappa shape index (κ1) is 24.1. The van der Waals surface area contributed by atoms with Crippen LogP contribution >= 0.6 is 35.3 Å². The molecule has 1 aromatic heterocycles. The fourth-order valence-corrected chi connectivity index (χ4v) is 3.93. The number of nitrogens with two attached hydrogens (primary N) is 1. The number of carbonyl (C=O) groups excluding carboxylic acids is 1. The van der Waals surface area contributed by atoms with Crippen molar-refractivity contribution in [2.45, 2.75) is 51.5 Å². The summed E-state index contributed by atoms with van der Waals surface area (Å²) in [6.07, 6.45) is 2.85. The summed E-state index contributed by atoms with van der Waals surface area (Å²) in [5.74, 6) is 0.566. The van der Waals surface area contributed by atoms with E-state index in [1.165, 1.54) is 0 Å². The molecule has 4 N–H and O–H groups in total. The Morgan fingerprint density at radius 3 is 2.59 bits per heavy atom. The van der Waals surface area contributed by atoms with E-state index < -0.39 is 0 Å². The van der Waals surface area contributed by atoms with E-state index in [9.17, 15) is 4.79 Å². The van der Waals surface area contributed by atoms with Crippen LogP contribution in [0.25, 0.3) is 0 Å². The average molecular weight is 508 g/mol. The number of aromatic nitrogens is 1. The van der Waals surface area contributed by atoms with Gasteiger partial charge in [-0.1, -0.05) is 20.8 Å². The van der Waals surface area contributed by atoms with Crippen molar-refractivity contribution in [1.29, 1.82) is 0 Å². The molecule has 27 heavy (non-hydrogen) atoms. The molecule has 0 aromatic carbocycles. The second-order valence-corrected chi connectivity index (χ2v) is 8.73. The third kappa shape index (κ3) is 8.30. The van der Waals surface area contributed by atoms with E-state index in [0.717, 1.165) is 55.6 Å². The number of halogens is 1. The molecule has 1 aliphatic rings. The second kappa shape index (κ2) is 11.2. The van der Waals surface area contributed by atoms with Crippen LogP contribution in [0.1, 0.15) is 44.3 Å². The molecule has 0 spiro atoms. The molecule has 0 atom stereocenters. The molecular weight excluding hydrogens is 475 g/mol. The Hall–Kier alpha value is -0.940. The number of likely N-dealkylation sites (tertiary alicyclic amines) is 1. The van der Waals surface area contributed by atoms with Gasteiger partial charge >= 0.3 is 0 Å². The maximum atomic E-state index is 11.0. The Morgan fingerprint density at radius 2 is 2.07 bits per heavy atom. The normalized spacial score (nSPS) is 16.7. The Morgan fingerprint density at radius 1 is 1.41 bits per heavy atom. The van der Waals surface area contributed by atoms with Crippen molar-refractivity contribution in [2.75, 3.05) is 33.2 Å². The number of carbonyl (C=O) groups is 1. The molecule has 7 nitrogen and oxygen atoms in total. The summed E-state index contributed by atoms with van der Waals surface area (Å²) in [5.41, 5.74) is 6.51. The highest BCUT2D eigenvalue weighted by molar-refractivity contribution is 14.0. The van der Waals surface area contributed by atoms with E-state index in [4.69, 9.17) is 10.7 Å². The molecular formula is C18H33IN6OS. The van der Waals surface area contributed by atoms with Gasteiger partial charge in [0.05, 0.1) is 17.2 Å². The zero-order chi connectivity index (χ0) is 19.2. The number of nitrogens with one attached hydrogen (secondary N) is 2. The predicted molar refractivity (Wildman–Crippen MR) is 123 cm³/mol. The van der Waals surface area contributed by atoms with E-state index in [1.54, 1.807) is 18.4 Å². The second-order valence-electron chi connectivity index (χ2n) is 7.79. The number of nitrogens with zero attached hydrogens (tertiary/aromatic N) is 3. The van der Waals surface area contributed by atoms with Crippen molar-refractivity contribution >= 4 is 47.2 Å². The van der Waals surface area contributed by atoms with Gasteiger partial charge in [-0.3, -0.25) is 14.7 Å². The summed E-state index contributed by atoms with van der Waals surface area (Å²) in [5, 5.41) is 10.2. The van der Waals surface area contributed by atoms with Crippen LogP contribution in [0, 0.1) is 0 Å². The van der Waals surface area contributed by atoms with Crippen LogP contribution in [0.3, 0.4) is 0 Å². The zero-order valence-electron chi connectivity index (χ0n) is 16.7. The monoisotopic (exact) mass is 508 g/mol. The lowest BCUT2D eigenvalue weighted by Gasteiger charge is -2.32. The first-order valence-electron chi connectivity index (χ1n) is 9.20. The topological polar surface area (TPSA) is 95.6 Å². The third-order valence-corrected chi connectivity index (χ3v) is 5.39. The van der Waals surface area contributed by atoms with Crippen molar-refractivity contribution in [2.24, 2.45) is 10.7 Å². The molecule has 0 unspecified atom stereocenters. The van der Waals surface area contributed by atoms with Crippen LogP contribution in [-0.4, -0.2) is 61.0 Å². The van der Waals surface area contributed by atoms with E-state index >= 15 is 0 Å². The molecule has 1 aromatic rings. The largest absolute Gasteiger partial charge is 0.369 e. The maximum Gasteiger partial charge on any atom is 0.231 e. The van der Waals surface area contributed by atoms with Crippen LogP contribution in [0.2, 0.25) is 0 Å². The van der Waals surface area contributed by atoms with Crippen LogP contribution in [-0.2, 0) is 16.6 Å². The minimum absolute atomic E-state index is 0. The summed E-state index contributed by atoms with van der Waals surface area (Å²) in [6.45, 7) is 9.47. The quantitative estimate of drug-likeness (QED) is 0.309. The number of hydrogen-bond donors (Lipinski definition) is 3. The average Bonchev–Trinajstić information content (AvgIpc) is 3.04. The number of primary amides is 1. The van der Waals surface area contributed by atoms with Gasteiger partial charge in [-0.15, -0.1) is 35.3 Å². The molecule has 1 amide bonds. The first-order valence-corrected chi connectivity index (χ1v) is 10.1. The van der Waals surface area contributed by atoms with Crippen LogP contribution < -0.4 is 16.4 Å². The smallest absolute Gasteiger partial charge is 0.231 e. The van der Waals surface area contributed by atoms with Crippen LogP contribution in [0.4, 0.5) is 0 Å². The third-order valence-electron chi connectivity index (χ3n) is 4.48. The minimum Gasteiger partial charge on any atom is -0.369 e. The molecule has 1 fully saturated rings. The standard InChI is InChI=1S/C18H32N6OS.HI/c1-18(2,3)14-12-26-16(23-14)5-8-21-17(20-4)22-13-6-9-24(10-7-13)11-15(19)25;/h12-13H,5-11H2,1-4H3,(H2,19,25)(H2,20,21,22);1H. The van der Waals surface area contributed by atoms with Crippen molar-refractivity contribution < 1.29 is 4.79 Å². The molecule has 0 radical (unpaired) electrons.